The van der Waals surface area contributed by atoms with Crippen molar-refractivity contribution in [1.82, 2.24) is 15.1 Å². The number of rotatable bonds is 6. The third-order valence-corrected chi connectivity index (χ3v) is 4.60. The first-order valence-corrected chi connectivity index (χ1v) is 8.39. The fourth-order valence-electron chi connectivity index (χ4n) is 2.77. The van der Waals surface area contributed by atoms with Gasteiger partial charge in [0.05, 0.1) is 5.69 Å². The molecule has 3 nitrogen and oxygen atoms in total. The normalized spacial score (nSPS) is 16.1. The van der Waals surface area contributed by atoms with E-state index in [-0.39, 0.29) is 0 Å². The Kier molecular flexibility index (Phi) is 4.45. The van der Waals surface area contributed by atoms with Crippen LogP contribution >= 0.6 is 15.9 Å². The van der Waals surface area contributed by atoms with Crippen molar-refractivity contribution in [3.05, 3.63) is 51.8 Å². The van der Waals surface area contributed by atoms with Gasteiger partial charge in [-0.1, -0.05) is 28.1 Å². The number of nitrogens with one attached hydrogen (secondary N) is 1. The van der Waals surface area contributed by atoms with E-state index in [0.717, 1.165) is 29.2 Å². The molecule has 0 amide bonds. The first-order valence-electron chi connectivity index (χ1n) is 7.60. The Labute approximate surface area is 134 Å². The molecule has 1 aromatic heterocycles. The van der Waals surface area contributed by atoms with E-state index < -0.39 is 0 Å². The van der Waals surface area contributed by atoms with Gasteiger partial charge >= 0.3 is 0 Å². The van der Waals surface area contributed by atoms with Gasteiger partial charge in [0, 0.05) is 35.7 Å². The van der Waals surface area contributed by atoms with E-state index in [1.165, 1.54) is 24.1 Å². The van der Waals surface area contributed by atoms with Crippen LogP contribution in [0, 0.1) is 6.92 Å². The zero-order valence-electron chi connectivity index (χ0n) is 12.6. The minimum absolute atomic E-state index is 0.484. The Morgan fingerprint density at radius 3 is 2.81 bits per heavy atom. The van der Waals surface area contributed by atoms with Gasteiger partial charge in [0.2, 0.25) is 0 Å². The summed E-state index contributed by atoms with van der Waals surface area (Å²) >= 11 is 3.59. The number of hydrogen-bond donors (Lipinski definition) is 1. The molecular formula is C17H22BrN3. The van der Waals surface area contributed by atoms with Crippen molar-refractivity contribution in [3.8, 4) is 0 Å². The van der Waals surface area contributed by atoms with E-state index in [9.17, 15) is 0 Å². The molecule has 1 saturated carbocycles. The predicted molar refractivity (Wildman–Crippen MR) is 89.6 cm³/mol. The molecule has 0 spiro atoms. The summed E-state index contributed by atoms with van der Waals surface area (Å²) in [6, 6.07) is 11.6. The lowest BCUT2D eigenvalue weighted by molar-refractivity contribution is 0.557. The van der Waals surface area contributed by atoms with Crippen molar-refractivity contribution >= 4 is 15.9 Å². The Morgan fingerprint density at radius 2 is 2.19 bits per heavy atom. The topological polar surface area (TPSA) is 29.9 Å². The third-order valence-electron chi connectivity index (χ3n) is 4.10. The standard InChI is InChI=1S/C17H22BrN3/c1-12-8-17(21(2)20-12)10-14(11-19-16-6-7-16)13-4-3-5-15(18)9-13/h3-5,8-9,14,16,19H,6-7,10-11H2,1-2H3. The molecule has 1 aliphatic rings. The van der Waals surface area contributed by atoms with Crippen LogP contribution in [0.1, 0.15) is 35.7 Å². The Hall–Kier alpha value is -1.13. The van der Waals surface area contributed by atoms with Gasteiger partial charge in [0.15, 0.2) is 0 Å². The van der Waals surface area contributed by atoms with Gasteiger partial charge in [0.1, 0.15) is 0 Å². The molecule has 1 aliphatic carbocycles. The van der Waals surface area contributed by atoms with Crippen molar-refractivity contribution < 1.29 is 0 Å². The molecule has 0 saturated heterocycles. The lowest BCUT2D eigenvalue weighted by atomic mass is 9.94. The predicted octanol–water partition coefficient (Wildman–Crippen LogP) is 3.57. The number of aromatic nitrogens is 2. The number of nitrogens with zero attached hydrogens (tertiary/aromatic N) is 2. The molecular weight excluding hydrogens is 326 g/mol. The van der Waals surface area contributed by atoms with E-state index in [0.29, 0.717) is 5.92 Å². The third kappa shape index (κ3) is 3.95. The van der Waals surface area contributed by atoms with Crippen LogP contribution in [-0.2, 0) is 13.5 Å². The van der Waals surface area contributed by atoms with E-state index in [1.54, 1.807) is 0 Å². The van der Waals surface area contributed by atoms with Crippen LogP contribution in [0.4, 0.5) is 0 Å². The van der Waals surface area contributed by atoms with Gasteiger partial charge in [-0.2, -0.15) is 5.10 Å². The van der Waals surface area contributed by atoms with Crippen LogP contribution in [0.3, 0.4) is 0 Å². The lowest BCUT2D eigenvalue weighted by Gasteiger charge is -2.18. The van der Waals surface area contributed by atoms with E-state index in [1.807, 2.05) is 11.7 Å². The maximum absolute atomic E-state index is 4.47. The smallest absolute Gasteiger partial charge is 0.0596 e. The van der Waals surface area contributed by atoms with E-state index in [4.69, 9.17) is 0 Å². The second kappa shape index (κ2) is 6.32. The highest BCUT2D eigenvalue weighted by molar-refractivity contribution is 9.10. The molecule has 1 unspecified atom stereocenters. The molecule has 2 aromatic rings. The summed E-state index contributed by atoms with van der Waals surface area (Å²) in [5.74, 6) is 0.484. The second-order valence-electron chi connectivity index (χ2n) is 6.04. The SMILES string of the molecule is Cc1cc(CC(CNC2CC2)c2cccc(Br)c2)n(C)n1. The summed E-state index contributed by atoms with van der Waals surface area (Å²) in [7, 11) is 2.04. The molecule has 1 fully saturated rings. The maximum Gasteiger partial charge on any atom is 0.0596 e. The minimum Gasteiger partial charge on any atom is -0.313 e. The summed E-state index contributed by atoms with van der Waals surface area (Å²) in [4.78, 5) is 0. The van der Waals surface area contributed by atoms with Crippen molar-refractivity contribution in [2.45, 2.75) is 38.1 Å². The highest BCUT2D eigenvalue weighted by Gasteiger charge is 2.23. The number of halogens is 1. The zero-order chi connectivity index (χ0) is 14.8. The zero-order valence-corrected chi connectivity index (χ0v) is 14.2. The maximum atomic E-state index is 4.47. The van der Waals surface area contributed by atoms with Gasteiger partial charge in [-0.25, -0.2) is 0 Å². The van der Waals surface area contributed by atoms with Gasteiger partial charge < -0.3 is 5.32 Å². The lowest BCUT2D eigenvalue weighted by Crippen LogP contribution is -2.25. The number of benzene rings is 1. The van der Waals surface area contributed by atoms with Crippen LogP contribution in [0.25, 0.3) is 0 Å². The van der Waals surface area contributed by atoms with Gasteiger partial charge in [-0.3, -0.25) is 4.68 Å². The molecule has 1 atom stereocenters. The largest absolute Gasteiger partial charge is 0.313 e. The molecule has 0 bridgehead atoms. The monoisotopic (exact) mass is 347 g/mol. The van der Waals surface area contributed by atoms with E-state index >= 15 is 0 Å². The molecule has 21 heavy (non-hydrogen) atoms. The average Bonchev–Trinajstić information content (AvgIpc) is 3.20. The van der Waals surface area contributed by atoms with Crippen LogP contribution in [0.5, 0.6) is 0 Å². The number of aryl methyl sites for hydroxylation is 2. The second-order valence-corrected chi connectivity index (χ2v) is 6.95. The highest BCUT2D eigenvalue weighted by atomic mass is 79.9. The first-order chi connectivity index (χ1) is 10.1. The van der Waals surface area contributed by atoms with Crippen molar-refractivity contribution in [1.29, 1.82) is 0 Å². The summed E-state index contributed by atoms with van der Waals surface area (Å²) in [5.41, 5.74) is 3.78. The molecule has 0 radical (unpaired) electrons. The Bertz CT molecular complexity index is 616. The molecule has 4 heteroatoms. The van der Waals surface area contributed by atoms with Crippen LogP contribution in [0.2, 0.25) is 0 Å². The molecule has 0 aliphatic heterocycles. The van der Waals surface area contributed by atoms with Crippen LogP contribution < -0.4 is 5.32 Å². The molecule has 1 N–H and O–H groups in total. The van der Waals surface area contributed by atoms with Crippen molar-refractivity contribution in [3.63, 3.8) is 0 Å². The van der Waals surface area contributed by atoms with Crippen molar-refractivity contribution in [2.75, 3.05) is 6.54 Å². The number of hydrogen-bond acceptors (Lipinski definition) is 2. The quantitative estimate of drug-likeness (QED) is 0.865. The fraction of sp³-hybridized carbons (Fsp3) is 0.471. The van der Waals surface area contributed by atoms with Crippen LogP contribution in [0.15, 0.2) is 34.8 Å². The molecule has 1 aromatic carbocycles. The summed E-state index contributed by atoms with van der Waals surface area (Å²) in [6.07, 6.45) is 3.68. The van der Waals surface area contributed by atoms with Crippen LogP contribution in [-0.4, -0.2) is 22.4 Å². The highest BCUT2D eigenvalue weighted by Crippen LogP contribution is 2.26. The van der Waals surface area contributed by atoms with Gasteiger partial charge in [-0.15, -0.1) is 0 Å². The minimum atomic E-state index is 0.484. The van der Waals surface area contributed by atoms with Crippen molar-refractivity contribution in [2.24, 2.45) is 7.05 Å². The Balaban J connectivity index is 1.79. The fourth-order valence-corrected chi connectivity index (χ4v) is 3.19. The molecule has 112 valence electrons. The molecule has 1 heterocycles. The first kappa shape index (κ1) is 14.8. The average molecular weight is 348 g/mol. The van der Waals surface area contributed by atoms with Gasteiger partial charge in [0.25, 0.3) is 0 Å². The van der Waals surface area contributed by atoms with Gasteiger partial charge in [-0.05, 0) is 49.9 Å². The summed E-state index contributed by atoms with van der Waals surface area (Å²) in [6.45, 7) is 3.09. The summed E-state index contributed by atoms with van der Waals surface area (Å²) < 4.78 is 3.16. The summed E-state index contributed by atoms with van der Waals surface area (Å²) in [5, 5.41) is 8.15. The Morgan fingerprint density at radius 1 is 1.38 bits per heavy atom. The molecule has 3 rings (SSSR count). The van der Waals surface area contributed by atoms with E-state index in [2.05, 4.69) is 63.6 Å².